The van der Waals surface area contributed by atoms with Crippen LogP contribution >= 0.6 is 0 Å². The predicted octanol–water partition coefficient (Wildman–Crippen LogP) is 4.53. The Morgan fingerprint density at radius 1 is 0.824 bits per heavy atom. The Kier molecular flexibility index (Phi) is 7.24. The van der Waals surface area contributed by atoms with Crippen LogP contribution < -0.4 is 10.6 Å². The molecule has 3 aromatic rings. The lowest BCUT2D eigenvalue weighted by Gasteiger charge is -2.23. The number of alkyl carbamates (subject to hydrolysis) is 1. The molecular weight excluding hydrogens is 432 g/mol. The van der Waals surface area contributed by atoms with Gasteiger partial charge in [-0.25, -0.2) is 4.79 Å². The molecule has 0 saturated heterocycles. The van der Waals surface area contributed by atoms with E-state index >= 15 is 0 Å². The number of carbonyl (C=O) groups is 2. The summed E-state index contributed by atoms with van der Waals surface area (Å²) in [5.41, 5.74) is 0.895. The minimum absolute atomic E-state index is 0.100. The van der Waals surface area contributed by atoms with E-state index in [2.05, 4.69) is 31.0 Å². The molecule has 0 saturated carbocycles. The number of hydrogen-bond donors (Lipinski definition) is 2. The zero-order valence-corrected chi connectivity index (χ0v) is 20.3. The van der Waals surface area contributed by atoms with Crippen LogP contribution in [0, 0.1) is 5.41 Å². The average Bonchev–Trinajstić information content (AvgIpc) is 2.77. The van der Waals surface area contributed by atoms with Crippen LogP contribution in [0.1, 0.15) is 59.0 Å². The van der Waals surface area contributed by atoms with E-state index in [0.29, 0.717) is 17.1 Å². The fourth-order valence-corrected chi connectivity index (χ4v) is 2.86. The van der Waals surface area contributed by atoms with Crippen LogP contribution in [0.2, 0.25) is 0 Å². The minimum Gasteiger partial charge on any atom is -0.444 e. The molecule has 2 N–H and O–H groups in total. The summed E-state index contributed by atoms with van der Waals surface area (Å²) >= 11 is 0. The van der Waals surface area contributed by atoms with Crippen molar-refractivity contribution in [3.8, 4) is 11.4 Å². The van der Waals surface area contributed by atoms with Crippen molar-refractivity contribution >= 4 is 17.7 Å². The van der Waals surface area contributed by atoms with Gasteiger partial charge in [-0.3, -0.25) is 4.79 Å². The maximum Gasteiger partial charge on any atom is 0.408 e. The van der Waals surface area contributed by atoms with Crippen LogP contribution in [0.25, 0.3) is 11.4 Å². The molecule has 178 valence electrons. The Bertz CT molecular complexity index is 1120. The second-order valence-electron chi connectivity index (χ2n) is 9.85. The van der Waals surface area contributed by atoms with E-state index in [9.17, 15) is 9.59 Å². The molecule has 1 unspecified atom stereocenters. The fourth-order valence-electron chi connectivity index (χ4n) is 2.86. The second-order valence-corrected chi connectivity index (χ2v) is 9.85. The number of aromatic nitrogens is 4. The van der Waals surface area contributed by atoms with Gasteiger partial charge in [0.2, 0.25) is 11.7 Å². The van der Waals surface area contributed by atoms with Crippen LogP contribution in [-0.4, -0.2) is 38.0 Å². The van der Waals surface area contributed by atoms with Crippen molar-refractivity contribution in [3.63, 3.8) is 0 Å². The van der Waals surface area contributed by atoms with Gasteiger partial charge in [-0.05, 0) is 38.5 Å². The maximum absolute atomic E-state index is 12.5. The second kappa shape index (κ2) is 9.94. The zero-order chi connectivity index (χ0) is 24.9. The van der Waals surface area contributed by atoms with Crippen LogP contribution in [0.5, 0.6) is 0 Å². The summed E-state index contributed by atoms with van der Waals surface area (Å²) in [6.07, 6.45) is -0.627. The highest BCUT2D eigenvalue weighted by molar-refractivity contribution is 5.94. The van der Waals surface area contributed by atoms with Crippen molar-refractivity contribution < 1.29 is 14.3 Å². The first-order valence-electron chi connectivity index (χ1n) is 11.0. The normalized spacial score (nSPS) is 12.5. The number of benzene rings is 2. The van der Waals surface area contributed by atoms with E-state index in [-0.39, 0.29) is 11.7 Å². The number of nitrogens with one attached hydrogen (secondary N) is 2. The summed E-state index contributed by atoms with van der Waals surface area (Å²) < 4.78 is 5.41. The minimum atomic E-state index is -0.757. The number of amides is 2. The highest BCUT2D eigenvalue weighted by atomic mass is 16.6. The van der Waals surface area contributed by atoms with E-state index in [1.807, 2.05) is 51.1 Å². The molecule has 0 bridgehead atoms. The van der Waals surface area contributed by atoms with E-state index in [1.54, 1.807) is 45.0 Å². The quantitative estimate of drug-likeness (QED) is 0.571. The molecule has 2 aromatic carbocycles. The Balaban J connectivity index is 1.88. The SMILES string of the molecule is CC(C)(C)OC(=O)NC(c1ccc(NC(=O)C(C)(C)C)cc1)c1nnc(-c2ccccc2)nn1. The molecule has 9 nitrogen and oxygen atoms in total. The number of rotatable bonds is 5. The van der Waals surface area contributed by atoms with Gasteiger partial charge in [0.05, 0.1) is 0 Å². The first kappa shape index (κ1) is 24.8. The third-order valence-corrected chi connectivity index (χ3v) is 4.63. The van der Waals surface area contributed by atoms with Crippen molar-refractivity contribution in [2.75, 3.05) is 5.32 Å². The molecule has 34 heavy (non-hydrogen) atoms. The Labute approximate surface area is 199 Å². The Morgan fingerprint density at radius 3 is 1.94 bits per heavy atom. The number of nitrogens with zero attached hydrogens (tertiary/aromatic N) is 4. The predicted molar refractivity (Wildman–Crippen MR) is 129 cm³/mol. The van der Waals surface area contributed by atoms with Gasteiger partial charge in [0.25, 0.3) is 0 Å². The number of ether oxygens (including phenoxy) is 1. The molecule has 3 rings (SSSR count). The summed E-state index contributed by atoms with van der Waals surface area (Å²) in [6, 6.07) is 15.7. The van der Waals surface area contributed by atoms with Gasteiger partial charge < -0.3 is 15.4 Å². The van der Waals surface area contributed by atoms with Gasteiger partial charge in [0.1, 0.15) is 11.6 Å². The zero-order valence-electron chi connectivity index (χ0n) is 20.3. The van der Waals surface area contributed by atoms with Crippen LogP contribution in [0.3, 0.4) is 0 Å². The molecule has 1 aromatic heterocycles. The van der Waals surface area contributed by atoms with E-state index < -0.39 is 23.2 Å². The highest BCUT2D eigenvalue weighted by Gasteiger charge is 2.25. The topological polar surface area (TPSA) is 119 Å². The molecule has 2 amide bonds. The van der Waals surface area contributed by atoms with E-state index in [4.69, 9.17) is 4.74 Å². The number of anilines is 1. The maximum atomic E-state index is 12.5. The van der Waals surface area contributed by atoms with Crippen LogP contribution in [0.4, 0.5) is 10.5 Å². The summed E-state index contributed by atoms with van der Waals surface area (Å²) in [7, 11) is 0. The molecule has 1 heterocycles. The molecule has 1 atom stereocenters. The van der Waals surface area contributed by atoms with Gasteiger partial charge in [0, 0.05) is 16.7 Å². The van der Waals surface area contributed by atoms with Gasteiger partial charge in [-0.1, -0.05) is 63.2 Å². The summed E-state index contributed by atoms with van der Waals surface area (Å²) in [6.45, 7) is 10.9. The average molecular weight is 463 g/mol. The lowest BCUT2D eigenvalue weighted by atomic mass is 9.95. The molecule has 0 aliphatic rings. The summed E-state index contributed by atoms with van der Waals surface area (Å²) in [4.78, 5) is 24.8. The Morgan fingerprint density at radius 2 is 1.41 bits per heavy atom. The third-order valence-electron chi connectivity index (χ3n) is 4.63. The van der Waals surface area contributed by atoms with Gasteiger partial charge >= 0.3 is 6.09 Å². The molecule has 9 heteroatoms. The van der Waals surface area contributed by atoms with Gasteiger partial charge in [-0.2, -0.15) is 0 Å². The first-order valence-corrected chi connectivity index (χ1v) is 11.0. The van der Waals surface area contributed by atoms with Crippen LogP contribution in [0.15, 0.2) is 54.6 Å². The van der Waals surface area contributed by atoms with E-state index in [1.165, 1.54) is 0 Å². The van der Waals surface area contributed by atoms with Crippen molar-refractivity contribution in [3.05, 3.63) is 66.0 Å². The molecular formula is C25H30N6O3. The first-order chi connectivity index (χ1) is 15.9. The van der Waals surface area contributed by atoms with E-state index in [0.717, 1.165) is 5.56 Å². The monoisotopic (exact) mass is 462 g/mol. The molecule has 0 fully saturated rings. The number of hydrogen-bond acceptors (Lipinski definition) is 7. The van der Waals surface area contributed by atoms with Gasteiger partial charge in [0.15, 0.2) is 5.82 Å². The van der Waals surface area contributed by atoms with Gasteiger partial charge in [-0.15, -0.1) is 20.4 Å². The Hall–Kier alpha value is -3.88. The molecule has 0 radical (unpaired) electrons. The fraction of sp³-hybridized carbons (Fsp3) is 0.360. The third kappa shape index (κ3) is 6.81. The highest BCUT2D eigenvalue weighted by Crippen LogP contribution is 2.23. The largest absolute Gasteiger partial charge is 0.444 e. The van der Waals surface area contributed by atoms with Crippen molar-refractivity contribution in [1.82, 2.24) is 25.7 Å². The van der Waals surface area contributed by atoms with Crippen molar-refractivity contribution in [2.45, 2.75) is 53.2 Å². The standard InChI is InChI=1S/C25H30N6O3/c1-24(2,3)22(32)26-18-14-12-16(13-15-18)19(27-23(33)34-25(4,5)6)21-30-28-20(29-31-21)17-10-8-7-9-11-17/h7-15,19H,1-6H3,(H,26,32)(H,27,33). The van der Waals surface area contributed by atoms with Crippen molar-refractivity contribution in [1.29, 1.82) is 0 Å². The summed E-state index contributed by atoms with van der Waals surface area (Å²) in [5.74, 6) is 0.481. The van der Waals surface area contributed by atoms with Crippen molar-refractivity contribution in [2.24, 2.45) is 5.41 Å². The number of carbonyl (C=O) groups excluding carboxylic acids is 2. The molecule has 0 spiro atoms. The lowest BCUT2D eigenvalue weighted by molar-refractivity contribution is -0.123. The smallest absolute Gasteiger partial charge is 0.408 e. The molecule has 0 aliphatic heterocycles. The summed E-state index contributed by atoms with van der Waals surface area (Å²) in [5, 5.41) is 22.5. The molecule has 0 aliphatic carbocycles. The van der Waals surface area contributed by atoms with Crippen LogP contribution in [-0.2, 0) is 9.53 Å². The lowest BCUT2D eigenvalue weighted by Crippen LogP contribution is -2.36.